The zero-order valence-corrected chi connectivity index (χ0v) is 10.6. The van der Waals surface area contributed by atoms with Crippen LogP contribution in [0.3, 0.4) is 0 Å². The molecule has 0 amide bonds. The van der Waals surface area contributed by atoms with Crippen LogP contribution >= 0.6 is 8.25 Å². The first-order valence-corrected chi connectivity index (χ1v) is 7.31. The van der Waals surface area contributed by atoms with Crippen LogP contribution in [-0.4, -0.2) is 41.6 Å². The molecule has 0 fully saturated rings. The Kier molecular flexibility index (Phi) is 7.66. The van der Waals surface area contributed by atoms with Crippen molar-refractivity contribution in [2.75, 3.05) is 27.9 Å². The summed E-state index contributed by atoms with van der Waals surface area (Å²) in [5.41, 5.74) is 0. The molecule has 0 aromatic carbocycles. The highest BCUT2D eigenvalue weighted by Gasteiger charge is 2.36. The van der Waals surface area contributed by atoms with E-state index in [1.54, 1.807) is 0 Å². The third-order valence-corrected chi connectivity index (χ3v) is 5.07. The maximum atomic E-state index is 10.2. The molecule has 8 heteroatoms. The van der Waals surface area contributed by atoms with Crippen LogP contribution < -0.4 is 0 Å². The van der Waals surface area contributed by atoms with Gasteiger partial charge in [0.2, 0.25) is 0 Å². The largest absolute Gasteiger partial charge is 0.500 e. The molecule has 0 saturated carbocycles. The Labute approximate surface area is 85.4 Å². The summed E-state index contributed by atoms with van der Waals surface area (Å²) in [4.78, 5) is 8.40. The first kappa shape index (κ1) is 14.2. The summed E-state index contributed by atoms with van der Waals surface area (Å²) in [5.74, 6) is 0. The molecule has 0 aromatic rings. The lowest BCUT2D eigenvalue weighted by Crippen LogP contribution is -2.42. The normalized spacial score (nSPS) is 14.3. The van der Waals surface area contributed by atoms with E-state index >= 15 is 0 Å². The summed E-state index contributed by atoms with van der Waals surface area (Å²) in [6.45, 7) is 0.207. The summed E-state index contributed by atoms with van der Waals surface area (Å²) in [6, 6.07) is 0.561. The van der Waals surface area contributed by atoms with Crippen LogP contribution in [0.1, 0.15) is 6.42 Å². The van der Waals surface area contributed by atoms with Crippen LogP contribution in [0.4, 0.5) is 0 Å². The van der Waals surface area contributed by atoms with Crippen LogP contribution in [0.15, 0.2) is 0 Å². The van der Waals surface area contributed by atoms with Gasteiger partial charge in [0.1, 0.15) is 0 Å². The molecule has 0 saturated heterocycles. The first-order valence-electron chi connectivity index (χ1n) is 4.11. The van der Waals surface area contributed by atoms with Crippen LogP contribution in [-0.2, 0) is 22.4 Å². The van der Waals surface area contributed by atoms with E-state index in [1.807, 2.05) is 0 Å². The molecular weight excluding hydrogens is 227 g/mol. The maximum Gasteiger partial charge on any atom is 0.500 e. The van der Waals surface area contributed by atoms with E-state index in [9.17, 15) is 4.57 Å². The Morgan fingerprint density at radius 2 is 1.71 bits per heavy atom. The molecule has 0 aliphatic carbocycles. The van der Waals surface area contributed by atoms with E-state index < -0.39 is 17.1 Å². The van der Waals surface area contributed by atoms with Crippen molar-refractivity contribution in [2.45, 2.75) is 12.5 Å². The lowest BCUT2D eigenvalue weighted by atomic mass is 10.5. The van der Waals surface area contributed by atoms with Crippen LogP contribution in [0, 0.1) is 0 Å². The highest BCUT2D eigenvalue weighted by atomic mass is 31.1. The molecule has 0 rings (SSSR count). The minimum Gasteiger partial charge on any atom is -0.377 e. The molecule has 0 aliphatic heterocycles. The van der Waals surface area contributed by atoms with Crippen molar-refractivity contribution in [1.82, 2.24) is 0 Å². The number of hydrogen-bond donors (Lipinski definition) is 1. The van der Waals surface area contributed by atoms with Crippen LogP contribution in [0.25, 0.3) is 0 Å². The molecule has 0 radical (unpaired) electrons. The van der Waals surface area contributed by atoms with Crippen molar-refractivity contribution < 1.29 is 27.3 Å². The second-order valence-electron chi connectivity index (χ2n) is 2.51. The van der Waals surface area contributed by atoms with Gasteiger partial charge in [-0.3, -0.25) is 4.57 Å². The van der Waals surface area contributed by atoms with E-state index in [0.717, 1.165) is 0 Å². The molecule has 0 aromatic heterocycles. The molecule has 86 valence electrons. The van der Waals surface area contributed by atoms with Crippen molar-refractivity contribution in [3.05, 3.63) is 0 Å². The van der Waals surface area contributed by atoms with E-state index in [-0.39, 0.29) is 6.61 Å². The van der Waals surface area contributed by atoms with Crippen molar-refractivity contribution >= 4 is 17.1 Å². The first-order chi connectivity index (χ1) is 6.60. The summed E-state index contributed by atoms with van der Waals surface area (Å²) in [5, 5.41) is 0. The van der Waals surface area contributed by atoms with Gasteiger partial charge >= 0.3 is 17.1 Å². The molecule has 1 N–H and O–H groups in total. The molecule has 6 nitrogen and oxygen atoms in total. The molecule has 0 heterocycles. The Balaban J connectivity index is 3.77. The SMILES string of the molecule is CO[Si](CCCO[PH](=O)O)(OC)OC. The third kappa shape index (κ3) is 5.21. The minimum atomic E-state index is -2.83. The lowest BCUT2D eigenvalue weighted by molar-refractivity contribution is 0.121. The van der Waals surface area contributed by atoms with Crippen molar-refractivity contribution in [3.63, 3.8) is 0 Å². The number of hydrogen-bond acceptors (Lipinski definition) is 5. The Morgan fingerprint density at radius 1 is 1.21 bits per heavy atom. The maximum absolute atomic E-state index is 10.2. The van der Waals surface area contributed by atoms with E-state index in [1.165, 1.54) is 21.3 Å². The van der Waals surface area contributed by atoms with Gasteiger partial charge in [0.05, 0.1) is 6.61 Å². The van der Waals surface area contributed by atoms with Gasteiger partial charge in [-0.2, -0.15) is 0 Å². The van der Waals surface area contributed by atoms with Gasteiger partial charge in [-0.1, -0.05) is 0 Å². The molecule has 0 bridgehead atoms. The Bertz CT molecular complexity index is 165. The lowest BCUT2D eigenvalue weighted by Gasteiger charge is -2.23. The second kappa shape index (κ2) is 7.53. The molecule has 14 heavy (non-hydrogen) atoms. The number of rotatable bonds is 8. The van der Waals surface area contributed by atoms with Gasteiger partial charge < -0.3 is 22.7 Å². The van der Waals surface area contributed by atoms with Gasteiger partial charge in [0.15, 0.2) is 0 Å². The summed E-state index contributed by atoms with van der Waals surface area (Å²) in [7, 11) is -0.802. The van der Waals surface area contributed by atoms with Crippen LogP contribution in [0.2, 0.25) is 6.04 Å². The molecule has 0 spiro atoms. The summed E-state index contributed by atoms with van der Waals surface area (Å²) in [6.07, 6.45) is 0.568. The second-order valence-corrected chi connectivity index (χ2v) is 6.42. The Hall–Kier alpha value is 0.247. The zero-order valence-electron chi connectivity index (χ0n) is 8.61. The van der Waals surface area contributed by atoms with Gasteiger partial charge in [0, 0.05) is 27.4 Å². The Morgan fingerprint density at radius 3 is 2.07 bits per heavy atom. The zero-order chi connectivity index (χ0) is 11.0. The third-order valence-electron chi connectivity index (χ3n) is 1.79. The molecular formula is C6H17O6PSi. The fraction of sp³-hybridized carbons (Fsp3) is 1.00. The predicted molar refractivity (Wildman–Crippen MR) is 53.4 cm³/mol. The van der Waals surface area contributed by atoms with Gasteiger partial charge in [-0.15, -0.1) is 0 Å². The van der Waals surface area contributed by atoms with Crippen molar-refractivity contribution in [1.29, 1.82) is 0 Å². The quantitative estimate of drug-likeness (QED) is 0.384. The highest BCUT2D eigenvalue weighted by Crippen LogP contribution is 2.19. The summed E-state index contributed by atoms with van der Waals surface area (Å²) >= 11 is 0. The van der Waals surface area contributed by atoms with Crippen LogP contribution in [0.5, 0.6) is 0 Å². The average molecular weight is 244 g/mol. The minimum absolute atomic E-state index is 0.207. The highest BCUT2D eigenvalue weighted by molar-refractivity contribution is 7.32. The van der Waals surface area contributed by atoms with E-state index in [4.69, 9.17) is 18.2 Å². The van der Waals surface area contributed by atoms with Gasteiger partial charge in [0.25, 0.3) is 0 Å². The summed E-state index contributed by atoms with van der Waals surface area (Å²) < 4.78 is 30.2. The fourth-order valence-electron chi connectivity index (χ4n) is 1.00. The van der Waals surface area contributed by atoms with Gasteiger partial charge in [-0.25, -0.2) is 0 Å². The molecule has 1 unspecified atom stereocenters. The van der Waals surface area contributed by atoms with Crippen molar-refractivity contribution in [2.24, 2.45) is 0 Å². The molecule has 1 atom stereocenters. The fourth-order valence-corrected chi connectivity index (χ4v) is 3.01. The predicted octanol–water partition coefficient (Wildman–Crippen LogP) is 0.653. The smallest absolute Gasteiger partial charge is 0.377 e. The molecule has 0 aliphatic rings. The standard InChI is InChI=1S/C6H17O6PSi/c1-9-14(10-2,11-3)6-4-5-12-13(7)8/h13H,4-6H2,1-3H3,(H,7,8). The monoisotopic (exact) mass is 244 g/mol. The average Bonchev–Trinajstić information content (AvgIpc) is 2.19. The van der Waals surface area contributed by atoms with E-state index in [0.29, 0.717) is 12.5 Å². The topological polar surface area (TPSA) is 74.2 Å². The van der Waals surface area contributed by atoms with E-state index in [2.05, 4.69) is 4.52 Å². The van der Waals surface area contributed by atoms with Gasteiger partial charge in [-0.05, 0) is 6.42 Å². The van der Waals surface area contributed by atoms with Crippen molar-refractivity contribution in [3.8, 4) is 0 Å².